The molecule has 2 bridgehead atoms. The fraction of sp³-hybridized carbons (Fsp3) is 0.435. The monoisotopic (exact) mass is 1600 g/mol. The maximum absolute atomic E-state index is 13.2. The number of rotatable bonds is 25. The molecule has 4 saturated heterocycles. The Morgan fingerprint density at radius 2 is 1.27 bits per heavy atom. The van der Waals surface area contributed by atoms with Crippen molar-refractivity contribution in [3.63, 3.8) is 0 Å². The minimum Gasteiger partial charge on any atom is -0.497 e. The number of nitrogen functional groups attached to an aromatic ring is 2. The zero-order valence-corrected chi connectivity index (χ0v) is 66.9. The Balaban J connectivity index is 0.000000162. The summed E-state index contributed by atoms with van der Waals surface area (Å²) in [5.74, 6) is 2.61. The molecular weight excluding hydrogens is 1500 g/mol. The van der Waals surface area contributed by atoms with E-state index in [0.29, 0.717) is 64.9 Å². The van der Waals surface area contributed by atoms with Gasteiger partial charge in [-0.3, -0.25) is 19.9 Å². The van der Waals surface area contributed by atoms with Crippen molar-refractivity contribution in [1.82, 2.24) is 49.9 Å². The van der Waals surface area contributed by atoms with Gasteiger partial charge in [0, 0.05) is 109 Å². The maximum atomic E-state index is 13.2. The number of ether oxygens (including phenoxy) is 1. The summed E-state index contributed by atoms with van der Waals surface area (Å²) in [6, 6.07) is 35.1. The number of halogens is 9. The normalized spacial score (nSPS) is 17.9. The largest absolute Gasteiger partial charge is 0.497 e. The number of likely N-dealkylation sites (N-methyl/N-ethyl adjacent to an activating group) is 1. The van der Waals surface area contributed by atoms with Crippen molar-refractivity contribution in [3.05, 3.63) is 196 Å². The molecule has 0 amide bonds. The molecule has 5 aromatic heterocycles. The first-order chi connectivity index (χ1) is 53.7. The van der Waals surface area contributed by atoms with Crippen molar-refractivity contribution in [1.29, 1.82) is 0 Å². The average molecular weight is 1610 g/mol. The highest BCUT2D eigenvalue weighted by Crippen LogP contribution is 2.44. The van der Waals surface area contributed by atoms with Crippen molar-refractivity contribution in [3.8, 4) is 16.9 Å². The summed E-state index contributed by atoms with van der Waals surface area (Å²) in [6.45, 7) is 26.1. The van der Waals surface area contributed by atoms with Crippen LogP contribution in [0.3, 0.4) is 0 Å². The molecular formula is C85H105Cl3F6N14O4. The number of hydrogen-bond donors (Lipinski definition) is 8. The van der Waals surface area contributed by atoms with Gasteiger partial charge in [-0.1, -0.05) is 99.3 Å². The minimum absolute atomic E-state index is 0.132. The number of anilines is 4. The summed E-state index contributed by atoms with van der Waals surface area (Å²) in [6.07, 6.45) is 5.58. The lowest BCUT2D eigenvalue weighted by molar-refractivity contribution is -0.142. The molecule has 2 unspecified atom stereocenters. The minimum atomic E-state index is -4.93. The van der Waals surface area contributed by atoms with Crippen LogP contribution in [0.1, 0.15) is 140 Å². The second-order valence-electron chi connectivity index (χ2n) is 28.5. The Kier molecular flexibility index (Phi) is 32.6. The number of aryl methyl sites for hydroxylation is 1. The lowest BCUT2D eigenvalue weighted by Gasteiger charge is -2.50. The number of fused-ring (bicyclic) bond motifs is 7. The number of pyridine rings is 4. The van der Waals surface area contributed by atoms with Crippen LogP contribution >= 0.6 is 34.8 Å². The van der Waals surface area contributed by atoms with Crippen LogP contribution in [-0.4, -0.2) is 157 Å². The van der Waals surface area contributed by atoms with Gasteiger partial charge >= 0.3 is 12.4 Å². The van der Waals surface area contributed by atoms with Gasteiger partial charge in [0.2, 0.25) is 5.95 Å². The number of aliphatic hydroxyl groups excluding tert-OH is 3. The van der Waals surface area contributed by atoms with Crippen LogP contribution < -0.4 is 32.2 Å². The number of nitrogens with one attached hydrogen (secondary N) is 3. The summed E-state index contributed by atoms with van der Waals surface area (Å²) >= 11 is 17.9. The van der Waals surface area contributed by atoms with E-state index < -0.39 is 47.4 Å². The molecule has 5 aromatic carbocycles. The molecule has 4 fully saturated rings. The molecule has 112 heavy (non-hydrogen) atoms. The molecule has 27 heteroatoms. The van der Waals surface area contributed by atoms with E-state index >= 15 is 0 Å². The number of para-hydroxylation sites is 1. The lowest BCUT2D eigenvalue weighted by atomic mass is 9.73. The summed E-state index contributed by atoms with van der Waals surface area (Å²) in [5.41, 5.74) is 16.3. The van der Waals surface area contributed by atoms with Crippen LogP contribution in [0, 0.1) is 11.8 Å². The van der Waals surface area contributed by atoms with Crippen LogP contribution in [0.5, 0.6) is 5.75 Å². The van der Waals surface area contributed by atoms with E-state index in [1.807, 2.05) is 116 Å². The van der Waals surface area contributed by atoms with Crippen molar-refractivity contribution < 1.29 is 46.4 Å². The highest BCUT2D eigenvalue weighted by Gasteiger charge is 2.43. The molecule has 0 radical (unpaired) electrons. The van der Waals surface area contributed by atoms with Gasteiger partial charge in [-0.25, -0.2) is 9.97 Å². The summed E-state index contributed by atoms with van der Waals surface area (Å²) in [7, 11) is 1.66. The summed E-state index contributed by atoms with van der Waals surface area (Å²) in [4.78, 5) is 31.8. The molecule has 0 spiro atoms. The number of aromatic nitrogens is 6. The molecule has 4 aliphatic heterocycles. The molecule has 9 heterocycles. The van der Waals surface area contributed by atoms with E-state index in [9.17, 15) is 36.6 Å². The number of methoxy groups -OCH3 is 1. The Bertz CT molecular complexity index is 4680. The van der Waals surface area contributed by atoms with Crippen LogP contribution in [0.15, 0.2) is 153 Å². The number of aliphatic hydroxyl groups is 3. The van der Waals surface area contributed by atoms with Gasteiger partial charge < -0.3 is 57.3 Å². The summed E-state index contributed by atoms with van der Waals surface area (Å²) < 4.78 is 84.6. The van der Waals surface area contributed by atoms with Crippen LogP contribution in [0.25, 0.3) is 54.7 Å². The highest BCUT2D eigenvalue weighted by atomic mass is 35.5. The van der Waals surface area contributed by atoms with E-state index in [4.69, 9.17) is 56.1 Å². The van der Waals surface area contributed by atoms with Gasteiger partial charge in [0.1, 0.15) is 17.3 Å². The topological polar surface area (TPSA) is 245 Å². The van der Waals surface area contributed by atoms with Crippen LogP contribution in [0.2, 0.25) is 15.1 Å². The number of alkyl halides is 6. The highest BCUT2D eigenvalue weighted by molar-refractivity contribution is 6.32. The molecule has 4 aliphatic rings. The SMILES string of the molecule is C=C[C@H]1C[N@]2CC[C@H]1C[C@H]2[C@H](O)c1ccnc2ccc(OC)cc12.CCN(CC)CCCC(C)Nc1ccnc2cc(Cl)ccc12.CCN(CCO)CCCC(C)Nc1ccnc2cc(Cl)ccc12.CCc1nc(N)nc(N)c1-c1ccc(Cl)cc1.O[C@@H](c1cc(C(F)(F)F)nc2c(C(F)(F)F)cccc12)[C@H]1CCCCN1. The Labute approximate surface area is 667 Å². The van der Waals surface area contributed by atoms with Gasteiger partial charge in [0.15, 0.2) is 0 Å². The van der Waals surface area contributed by atoms with E-state index in [-0.39, 0.29) is 29.5 Å². The van der Waals surface area contributed by atoms with Crippen molar-refractivity contribution >= 4 is 102 Å². The third kappa shape index (κ3) is 23.7. The zero-order valence-electron chi connectivity index (χ0n) is 64.7. The fourth-order valence-corrected chi connectivity index (χ4v) is 15.4. The van der Waals surface area contributed by atoms with Gasteiger partial charge in [0.25, 0.3) is 0 Å². The van der Waals surface area contributed by atoms with E-state index in [0.717, 1.165) is 174 Å². The number of nitrogens with two attached hydrogens (primary N) is 2. The smallest absolute Gasteiger partial charge is 0.433 e. The second kappa shape index (κ2) is 41.7. The Hall–Kier alpha value is -8.27. The maximum Gasteiger partial charge on any atom is 0.433 e. The number of hydrogen-bond acceptors (Lipinski definition) is 18. The molecule has 10 aromatic rings. The molecule has 14 rings (SSSR count). The molecule has 9 atom stereocenters. The van der Waals surface area contributed by atoms with E-state index in [1.54, 1.807) is 13.3 Å². The zero-order chi connectivity index (χ0) is 80.8. The van der Waals surface area contributed by atoms with Gasteiger partial charge in [-0.05, 0) is 243 Å². The van der Waals surface area contributed by atoms with E-state index in [1.165, 1.54) is 25.5 Å². The number of nitrogens with zero attached hydrogens (tertiary/aromatic N) is 9. The van der Waals surface area contributed by atoms with Crippen LogP contribution in [0.4, 0.5) is 49.5 Å². The third-order valence-corrected chi connectivity index (χ3v) is 21.7. The second-order valence-corrected chi connectivity index (χ2v) is 29.8. The van der Waals surface area contributed by atoms with Gasteiger partial charge in [-0.15, -0.1) is 6.58 Å². The standard InChI is InChI=1S/C20H24N2O2.C18H26ClN3O.C18H26ClN3.C17H16F6N2O.C12H13ClN4/c1-3-13-12-22-9-7-14(13)10-19(22)20(23)16-6-8-21-18-5-4-15(24-2)11-17(16)18;1-3-22(11-12-23)10-4-5-14(2)21-17-8-9-20-18-13-15(19)6-7-16(17)18;1-4-22(5-2)12-6-7-14(3)21-17-10-11-20-18-13-15(19)8-9-16(17)18;18-16(19,20)11-5-3-4-9-10(15(26)12-6-1-2-7-24-12)8-13(17(21,22)23)25-14(9)11;1-2-9-10(11(14)17-12(15)16-9)7-3-5-8(13)6-4-7/h3-6,8,11,13-14,19-20,23H,1,7,9-10,12H2,2H3;6-9,13-14,23H,3-5,10-12H2,1-2H3,(H,20,21);8-11,13-14H,4-7,12H2,1-3H3,(H,20,21);3-5,8,12,15,24,26H,1-2,6-7H2;3-6H,2H2,1H3,(H4,14,15,16,17)/t13-,14-,19-,20+;;;12-,15+;/m0..1./s1. The van der Waals surface area contributed by atoms with Crippen molar-refractivity contribution in [2.24, 2.45) is 11.8 Å². The quantitative estimate of drug-likeness (QED) is 0.0196. The fourth-order valence-electron chi connectivity index (χ4n) is 15.0. The molecule has 18 nitrogen and oxygen atoms in total. The van der Waals surface area contributed by atoms with Gasteiger partial charge in [0.05, 0.1) is 59.2 Å². The first-order valence-electron chi connectivity index (χ1n) is 38.5. The number of piperidine rings is 4. The number of benzene rings is 5. The lowest BCUT2D eigenvalue weighted by Crippen LogP contribution is -2.54. The molecule has 602 valence electrons. The predicted octanol–water partition coefficient (Wildman–Crippen LogP) is 18.7. The first kappa shape index (κ1) is 87.7. The average Bonchev–Trinajstić information content (AvgIpc) is 0.763. The summed E-state index contributed by atoms with van der Waals surface area (Å²) in [5, 5.41) is 46.1. The Morgan fingerprint density at radius 3 is 1.81 bits per heavy atom. The van der Waals surface area contributed by atoms with Gasteiger partial charge in [-0.2, -0.15) is 31.3 Å². The van der Waals surface area contributed by atoms with Crippen LogP contribution in [-0.2, 0) is 18.8 Å². The van der Waals surface area contributed by atoms with Crippen molar-refractivity contribution in [2.75, 3.05) is 94.7 Å². The predicted molar refractivity (Wildman–Crippen MR) is 443 cm³/mol. The van der Waals surface area contributed by atoms with Crippen molar-refractivity contribution in [2.45, 2.75) is 154 Å². The third-order valence-electron chi connectivity index (χ3n) is 21.0. The van der Waals surface area contributed by atoms with E-state index in [2.05, 4.69) is 108 Å². The Morgan fingerprint density at radius 1 is 0.661 bits per heavy atom. The first-order valence-corrected chi connectivity index (χ1v) is 39.6. The molecule has 10 N–H and O–H groups in total. The molecule has 0 saturated carbocycles. The molecule has 0 aliphatic carbocycles.